The van der Waals surface area contributed by atoms with E-state index in [-0.39, 0.29) is 12.8 Å². The highest BCUT2D eigenvalue weighted by Gasteiger charge is 2.62. The predicted octanol–water partition coefficient (Wildman–Crippen LogP) is 5.53. The first-order valence-corrected chi connectivity index (χ1v) is 10.7. The Morgan fingerprint density at radius 2 is 1.12 bits per heavy atom. The molecular weight excluding hydrogens is 400 g/mol. The fourth-order valence-corrected chi connectivity index (χ4v) is 5.33. The maximum Gasteiger partial charge on any atom is 0.315 e. The summed E-state index contributed by atoms with van der Waals surface area (Å²) in [6.07, 6.45) is 3.70. The van der Waals surface area contributed by atoms with E-state index in [9.17, 15) is 19.8 Å². The fourth-order valence-electron chi connectivity index (χ4n) is 5.33. The van der Waals surface area contributed by atoms with Crippen LogP contribution in [0, 0.1) is 10.8 Å². The minimum Gasteiger partial charge on any atom is -0.481 e. The van der Waals surface area contributed by atoms with Gasteiger partial charge in [0, 0.05) is 0 Å². The minimum atomic E-state index is -1.53. The lowest BCUT2D eigenvalue weighted by molar-refractivity contribution is -0.157. The van der Waals surface area contributed by atoms with E-state index in [1.165, 1.54) is 0 Å². The third-order valence-electron chi connectivity index (χ3n) is 6.83. The summed E-state index contributed by atoms with van der Waals surface area (Å²) < 4.78 is 0. The number of aliphatic carboxylic acids is 2. The number of benzene rings is 3. The van der Waals surface area contributed by atoms with Gasteiger partial charge in [-0.3, -0.25) is 9.59 Å². The molecule has 0 saturated heterocycles. The summed E-state index contributed by atoms with van der Waals surface area (Å²) in [5.74, 6) is -2.03. The number of carbonyl (C=O) groups is 2. The Bertz CT molecular complexity index is 1040. The predicted molar refractivity (Wildman–Crippen MR) is 123 cm³/mol. The van der Waals surface area contributed by atoms with E-state index in [0.29, 0.717) is 0 Å². The van der Waals surface area contributed by atoms with E-state index in [0.717, 1.165) is 16.7 Å². The molecule has 0 bridgehead atoms. The molecule has 0 amide bonds. The van der Waals surface area contributed by atoms with Gasteiger partial charge >= 0.3 is 11.9 Å². The Morgan fingerprint density at radius 3 is 1.47 bits per heavy atom. The van der Waals surface area contributed by atoms with Crippen LogP contribution in [0.15, 0.2) is 103 Å². The first-order valence-electron chi connectivity index (χ1n) is 10.7. The van der Waals surface area contributed by atoms with E-state index in [2.05, 4.69) is 0 Å². The summed E-state index contributed by atoms with van der Waals surface area (Å²) in [5.41, 5.74) is -1.47. The van der Waals surface area contributed by atoms with Crippen molar-refractivity contribution in [2.45, 2.75) is 25.2 Å². The van der Waals surface area contributed by atoms with Crippen molar-refractivity contribution in [3.63, 3.8) is 0 Å². The van der Waals surface area contributed by atoms with Crippen molar-refractivity contribution in [3.8, 4) is 0 Å². The van der Waals surface area contributed by atoms with Crippen LogP contribution in [0.3, 0.4) is 0 Å². The van der Waals surface area contributed by atoms with Crippen LogP contribution in [-0.4, -0.2) is 22.2 Å². The van der Waals surface area contributed by atoms with E-state index in [4.69, 9.17) is 0 Å². The van der Waals surface area contributed by atoms with Crippen molar-refractivity contribution in [1.29, 1.82) is 0 Å². The maximum absolute atomic E-state index is 13.3. The molecule has 0 saturated carbocycles. The number of allylic oxidation sites excluding steroid dienone is 1. The maximum atomic E-state index is 13.3. The highest BCUT2D eigenvalue weighted by molar-refractivity contribution is 5.86. The van der Waals surface area contributed by atoms with Crippen LogP contribution >= 0.6 is 0 Å². The largest absolute Gasteiger partial charge is 0.481 e. The number of carboxylic acid groups (broad SMARTS) is 2. The topological polar surface area (TPSA) is 74.6 Å². The molecule has 0 heterocycles. The highest BCUT2D eigenvalue weighted by Crippen LogP contribution is 2.59. The second-order valence-corrected chi connectivity index (χ2v) is 8.77. The van der Waals surface area contributed by atoms with Crippen molar-refractivity contribution in [2.75, 3.05) is 0 Å². The number of hydrogen-bond donors (Lipinski definition) is 2. The molecule has 0 fully saturated rings. The Kier molecular flexibility index (Phi) is 5.47. The summed E-state index contributed by atoms with van der Waals surface area (Å²) in [4.78, 5) is 25.6. The normalized spacial score (nSPS) is 22.9. The average molecular weight is 427 g/mol. The molecule has 2 N–H and O–H groups in total. The van der Waals surface area contributed by atoms with E-state index < -0.39 is 28.2 Å². The number of hydrogen-bond acceptors (Lipinski definition) is 2. The monoisotopic (exact) mass is 426 g/mol. The van der Waals surface area contributed by atoms with Gasteiger partial charge < -0.3 is 10.2 Å². The van der Waals surface area contributed by atoms with Crippen molar-refractivity contribution in [3.05, 3.63) is 120 Å². The van der Waals surface area contributed by atoms with Crippen LogP contribution in [0.4, 0.5) is 0 Å². The Hall–Kier alpha value is -3.66. The third kappa shape index (κ3) is 3.14. The number of carboxylic acids is 2. The lowest BCUT2D eigenvalue weighted by atomic mass is 9.48. The van der Waals surface area contributed by atoms with Gasteiger partial charge in [-0.15, -0.1) is 0 Å². The summed E-state index contributed by atoms with van der Waals surface area (Å²) in [5, 5.41) is 20.9. The third-order valence-corrected chi connectivity index (χ3v) is 6.83. The van der Waals surface area contributed by atoms with Crippen molar-refractivity contribution in [2.24, 2.45) is 10.8 Å². The van der Waals surface area contributed by atoms with Gasteiger partial charge in [0.1, 0.15) is 5.41 Å². The van der Waals surface area contributed by atoms with E-state index in [1.807, 2.05) is 91.0 Å². The second kappa shape index (κ2) is 8.12. The zero-order valence-electron chi connectivity index (χ0n) is 17.9. The molecule has 4 rings (SSSR count). The van der Waals surface area contributed by atoms with Crippen LogP contribution < -0.4 is 0 Å². The zero-order chi connectivity index (χ0) is 22.8. The SMILES string of the molecule is CC1(C(=O)O)CC=CC(C(=O)O)(C(c2ccccc2)(c2ccccc2)c2ccccc2)C1. The van der Waals surface area contributed by atoms with Gasteiger partial charge in [-0.05, 0) is 36.5 Å². The van der Waals surface area contributed by atoms with Gasteiger partial charge in [-0.25, -0.2) is 0 Å². The Morgan fingerprint density at radius 1 is 0.719 bits per heavy atom. The molecule has 3 aromatic carbocycles. The van der Waals surface area contributed by atoms with Crippen LogP contribution in [-0.2, 0) is 15.0 Å². The fraction of sp³-hybridized carbons (Fsp3) is 0.214. The quantitative estimate of drug-likeness (QED) is 0.401. The average Bonchev–Trinajstić information content (AvgIpc) is 2.81. The van der Waals surface area contributed by atoms with Gasteiger partial charge in [-0.1, -0.05) is 103 Å². The number of rotatable bonds is 6. The molecule has 0 aliphatic heterocycles. The van der Waals surface area contributed by atoms with Crippen molar-refractivity contribution >= 4 is 11.9 Å². The Balaban J connectivity index is 2.19. The van der Waals surface area contributed by atoms with Crippen molar-refractivity contribution < 1.29 is 19.8 Å². The molecular formula is C28H26O4. The molecule has 1 aliphatic carbocycles. The molecule has 0 spiro atoms. The van der Waals surface area contributed by atoms with Gasteiger partial charge in [0.15, 0.2) is 0 Å². The smallest absolute Gasteiger partial charge is 0.315 e. The first kappa shape index (κ1) is 21.6. The molecule has 2 atom stereocenters. The lowest BCUT2D eigenvalue weighted by Gasteiger charge is -2.52. The standard InChI is InChI=1S/C28H26O4/c1-26(24(29)30)18-11-19-27(20-26,25(31)32)28(21-12-5-2-6-13-21,22-14-7-3-8-15-22)23-16-9-4-10-17-23/h2-17,19H,18,20H2,1H3,(H,29,30)(H,31,32). The van der Waals surface area contributed by atoms with Crippen LogP contribution in [0.5, 0.6) is 0 Å². The zero-order valence-corrected chi connectivity index (χ0v) is 17.9. The molecule has 4 heteroatoms. The molecule has 1 aliphatic rings. The van der Waals surface area contributed by atoms with E-state index in [1.54, 1.807) is 19.1 Å². The van der Waals surface area contributed by atoms with Gasteiger partial charge in [0.05, 0.1) is 10.8 Å². The highest BCUT2D eigenvalue weighted by atomic mass is 16.4. The molecule has 32 heavy (non-hydrogen) atoms. The minimum absolute atomic E-state index is 0.0418. The molecule has 0 aromatic heterocycles. The van der Waals surface area contributed by atoms with Gasteiger partial charge in [0.2, 0.25) is 0 Å². The van der Waals surface area contributed by atoms with Crippen molar-refractivity contribution in [1.82, 2.24) is 0 Å². The van der Waals surface area contributed by atoms with Crippen LogP contribution in [0.25, 0.3) is 0 Å². The molecule has 3 aromatic rings. The molecule has 4 nitrogen and oxygen atoms in total. The molecule has 0 radical (unpaired) electrons. The Labute approximate surface area is 187 Å². The summed E-state index contributed by atoms with van der Waals surface area (Å²) >= 11 is 0. The van der Waals surface area contributed by atoms with Gasteiger partial charge in [-0.2, -0.15) is 0 Å². The van der Waals surface area contributed by atoms with Crippen LogP contribution in [0.2, 0.25) is 0 Å². The molecule has 2 unspecified atom stereocenters. The van der Waals surface area contributed by atoms with E-state index >= 15 is 0 Å². The van der Waals surface area contributed by atoms with Gasteiger partial charge in [0.25, 0.3) is 0 Å². The summed E-state index contributed by atoms with van der Waals surface area (Å²) in [7, 11) is 0. The summed E-state index contributed by atoms with van der Waals surface area (Å²) in [6, 6.07) is 28.7. The summed E-state index contributed by atoms with van der Waals surface area (Å²) in [6.45, 7) is 1.64. The molecule has 162 valence electrons. The lowest BCUT2D eigenvalue weighted by Crippen LogP contribution is -2.55. The van der Waals surface area contributed by atoms with Crippen LogP contribution in [0.1, 0.15) is 36.5 Å². The first-order chi connectivity index (χ1) is 15.4. The second-order valence-electron chi connectivity index (χ2n) is 8.77.